The van der Waals surface area contributed by atoms with E-state index in [1.54, 1.807) is 7.11 Å². The minimum atomic E-state index is 0.0279. The van der Waals surface area contributed by atoms with Crippen LogP contribution < -0.4 is 10.1 Å². The van der Waals surface area contributed by atoms with Crippen LogP contribution in [0.15, 0.2) is 28.8 Å². The number of piperazine rings is 1. The first-order valence-electron chi connectivity index (χ1n) is 6.70. The smallest absolute Gasteiger partial charge is 0.257 e. The minimum absolute atomic E-state index is 0.0279. The summed E-state index contributed by atoms with van der Waals surface area (Å²) in [5, 5.41) is 6.75. The number of rotatable bonds is 4. The fraction of sp³-hybridized carbons (Fsp3) is 0.357. The van der Waals surface area contributed by atoms with Crippen molar-refractivity contribution >= 4 is 5.91 Å². The van der Waals surface area contributed by atoms with Crippen LogP contribution in [0.4, 0.5) is 0 Å². The maximum Gasteiger partial charge on any atom is 0.257 e. The molecule has 1 saturated heterocycles. The zero-order valence-corrected chi connectivity index (χ0v) is 11.7. The average molecular weight is 288 g/mol. The molecule has 0 spiro atoms. The van der Waals surface area contributed by atoms with Crippen molar-refractivity contribution in [1.82, 2.24) is 20.4 Å². The lowest BCUT2D eigenvalue weighted by Crippen LogP contribution is -2.47. The van der Waals surface area contributed by atoms with Crippen molar-refractivity contribution in [2.24, 2.45) is 0 Å². The van der Waals surface area contributed by atoms with Crippen LogP contribution in [-0.2, 0) is 11.3 Å². The summed E-state index contributed by atoms with van der Waals surface area (Å²) in [5.74, 6) is 1.85. The van der Waals surface area contributed by atoms with E-state index in [4.69, 9.17) is 9.26 Å². The highest BCUT2D eigenvalue weighted by molar-refractivity contribution is 5.78. The van der Waals surface area contributed by atoms with Gasteiger partial charge in [0.25, 0.3) is 5.89 Å². The van der Waals surface area contributed by atoms with Gasteiger partial charge in [0, 0.05) is 18.7 Å². The molecule has 1 fully saturated rings. The Balaban J connectivity index is 1.69. The molecule has 21 heavy (non-hydrogen) atoms. The molecule has 1 amide bonds. The molecule has 0 atom stereocenters. The molecular formula is C14H16N4O3. The van der Waals surface area contributed by atoms with E-state index in [9.17, 15) is 4.79 Å². The molecule has 0 bridgehead atoms. The summed E-state index contributed by atoms with van der Waals surface area (Å²) in [6.45, 7) is 2.32. The van der Waals surface area contributed by atoms with Crippen LogP contribution >= 0.6 is 0 Å². The number of hydrogen-bond acceptors (Lipinski definition) is 6. The third-order valence-corrected chi connectivity index (χ3v) is 3.29. The fourth-order valence-electron chi connectivity index (χ4n) is 2.20. The lowest BCUT2D eigenvalue weighted by atomic mass is 10.2. The van der Waals surface area contributed by atoms with Gasteiger partial charge in [-0.3, -0.25) is 9.69 Å². The van der Waals surface area contributed by atoms with Gasteiger partial charge in [0.2, 0.25) is 5.91 Å². The van der Waals surface area contributed by atoms with Gasteiger partial charge in [-0.05, 0) is 24.3 Å². The van der Waals surface area contributed by atoms with Gasteiger partial charge < -0.3 is 14.6 Å². The molecule has 7 nitrogen and oxygen atoms in total. The number of hydrogen-bond donors (Lipinski definition) is 1. The van der Waals surface area contributed by atoms with Gasteiger partial charge in [0.1, 0.15) is 5.75 Å². The number of aromatic nitrogens is 2. The lowest BCUT2D eigenvalue weighted by Gasteiger charge is -2.24. The van der Waals surface area contributed by atoms with Crippen molar-refractivity contribution < 1.29 is 14.1 Å². The first kappa shape index (κ1) is 13.6. The SMILES string of the molecule is COc1ccc(-c2nc(CN3CCNC(=O)C3)no2)cc1. The molecule has 2 heterocycles. The summed E-state index contributed by atoms with van der Waals surface area (Å²) < 4.78 is 10.4. The van der Waals surface area contributed by atoms with Gasteiger partial charge >= 0.3 is 0 Å². The Morgan fingerprint density at radius 3 is 2.90 bits per heavy atom. The highest BCUT2D eigenvalue weighted by Gasteiger charge is 2.18. The van der Waals surface area contributed by atoms with Crippen molar-refractivity contribution in [2.75, 3.05) is 26.7 Å². The van der Waals surface area contributed by atoms with Gasteiger partial charge in [-0.1, -0.05) is 5.16 Å². The maximum absolute atomic E-state index is 11.3. The van der Waals surface area contributed by atoms with E-state index in [-0.39, 0.29) is 5.91 Å². The Hall–Kier alpha value is -2.41. The third-order valence-electron chi connectivity index (χ3n) is 3.29. The van der Waals surface area contributed by atoms with Crippen molar-refractivity contribution in [3.05, 3.63) is 30.1 Å². The highest BCUT2D eigenvalue weighted by atomic mass is 16.5. The van der Waals surface area contributed by atoms with Crippen LogP contribution in [0, 0.1) is 0 Å². The molecule has 1 aliphatic rings. The second-order valence-electron chi connectivity index (χ2n) is 4.80. The van der Waals surface area contributed by atoms with E-state index in [0.29, 0.717) is 31.3 Å². The summed E-state index contributed by atoms with van der Waals surface area (Å²) in [7, 11) is 1.62. The molecule has 1 aromatic heterocycles. The molecule has 110 valence electrons. The summed E-state index contributed by atoms with van der Waals surface area (Å²) in [6, 6.07) is 7.41. The van der Waals surface area contributed by atoms with Crippen molar-refractivity contribution in [2.45, 2.75) is 6.54 Å². The van der Waals surface area contributed by atoms with Gasteiger partial charge in [0.05, 0.1) is 20.2 Å². The minimum Gasteiger partial charge on any atom is -0.497 e. The molecule has 1 N–H and O–H groups in total. The van der Waals surface area contributed by atoms with E-state index < -0.39 is 0 Å². The second-order valence-corrected chi connectivity index (χ2v) is 4.80. The molecule has 0 aliphatic carbocycles. The van der Waals surface area contributed by atoms with Crippen LogP contribution in [0.5, 0.6) is 5.75 Å². The van der Waals surface area contributed by atoms with Gasteiger partial charge in [-0.2, -0.15) is 4.98 Å². The molecule has 1 aromatic carbocycles. The van der Waals surface area contributed by atoms with E-state index >= 15 is 0 Å². The van der Waals surface area contributed by atoms with Crippen LogP contribution in [0.3, 0.4) is 0 Å². The Bertz CT molecular complexity index is 623. The van der Waals surface area contributed by atoms with Crippen LogP contribution in [0.25, 0.3) is 11.5 Å². The number of nitrogens with zero attached hydrogens (tertiary/aromatic N) is 3. The van der Waals surface area contributed by atoms with Crippen LogP contribution in [0.1, 0.15) is 5.82 Å². The number of carbonyl (C=O) groups is 1. The third kappa shape index (κ3) is 3.19. The van der Waals surface area contributed by atoms with E-state index in [2.05, 4.69) is 15.5 Å². The van der Waals surface area contributed by atoms with E-state index in [1.165, 1.54) is 0 Å². The van der Waals surface area contributed by atoms with Gasteiger partial charge in [0.15, 0.2) is 5.82 Å². The number of benzene rings is 1. The zero-order valence-electron chi connectivity index (χ0n) is 11.7. The predicted octanol–water partition coefficient (Wildman–Crippen LogP) is 0.677. The largest absolute Gasteiger partial charge is 0.497 e. The summed E-state index contributed by atoms with van der Waals surface area (Å²) in [5.41, 5.74) is 0.839. The molecule has 0 unspecified atom stereocenters. The molecule has 2 aromatic rings. The first-order chi connectivity index (χ1) is 10.2. The number of ether oxygens (including phenoxy) is 1. The molecule has 0 radical (unpaired) electrons. The normalized spacial score (nSPS) is 15.8. The zero-order chi connectivity index (χ0) is 14.7. The number of nitrogens with one attached hydrogen (secondary N) is 1. The van der Waals surface area contributed by atoms with Crippen molar-refractivity contribution in [3.63, 3.8) is 0 Å². The van der Waals surface area contributed by atoms with Crippen molar-refractivity contribution in [3.8, 4) is 17.2 Å². The van der Waals surface area contributed by atoms with Crippen LogP contribution in [-0.4, -0.2) is 47.7 Å². The second kappa shape index (κ2) is 5.92. The molecule has 0 saturated carbocycles. The Kier molecular flexibility index (Phi) is 3.83. The monoisotopic (exact) mass is 288 g/mol. The van der Waals surface area contributed by atoms with Gasteiger partial charge in [-0.25, -0.2) is 0 Å². The van der Waals surface area contributed by atoms with Crippen LogP contribution in [0.2, 0.25) is 0 Å². The molecule has 1 aliphatic heterocycles. The van der Waals surface area contributed by atoms with Gasteiger partial charge in [-0.15, -0.1) is 0 Å². The average Bonchev–Trinajstić information content (AvgIpc) is 2.96. The number of methoxy groups -OCH3 is 1. The summed E-state index contributed by atoms with van der Waals surface area (Å²) in [4.78, 5) is 17.7. The fourth-order valence-corrected chi connectivity index (χ4v) is 2.20. The Labute approximate surface area is 121 Å². The number of amides is 1. The Morgan fingerprint density at radius 2 is 2.19 bits per heavy atom. The predicted molar refractivity (Wildman–Crippen MR) is 74.6 cm³/mol. The summed E-state index contributed by atoms with van der Waals surface area (Å²) in [6.07, 6.45) is 0. The lowest BCUT2D eigenvalue weighted by molar-refractivity contribution is -0.124. The molecular weight excluding hydrogens is 272 g/mol. The molecule has 3 rings (SSSR count). The summed E-state index contributed by atoms with van der Waals surface area (Å²) >= 11 is 0. The first-order valence-corrected chi connectivity index (χ1v) is 6.70. The van der Waals surface area contributed by atoms with E-state index in [0.717, 1.165) is 17.9 Å². The highest BCUT2D eigenvalue weighted by Crippen LogP contribution is 2.20. The quantitative estimate of drug-likeness (QED) is 0.891. The molecule has 7 heteroatoms. The number of carbonyl (C=O) groups excluding carboxylic acids is 1. The van der Waals surface area contributed by atoms with Crippen molar-refractivity contribution in [1.29, 1.82) is 0 Å². The Morgan fingerprint density at radius 1 is 1.38 bits per heavy atom. The maximum atomic E-state index is 11.3. The topological polar surface area (TPSA) is 80.5 Å². The van der Waals surface area contributed by atoms with E-state index in [1.807, 2.05) is 29.2 Å². The standard InChI is InChI=1S/C14H16N4O3/c1-20-11-4-2-10(3-5-11)14-16-12(17-21-14)8-18-7-6-15-13(19)9-18/h2-5H,6-9H2,1H3,(H,15,19).